The molecule has 0 aliphatic carbocycles. The first kappa shape index (κ1) is 16.1. The van der Waals surface area contributed by atoms with E-state index in [-0.39, 0.29) is 0 Å². The Labute approximate surface area is 130 Å². The van der Waals surface area contributed by atoms with E-state index < -0.39 is 11.7 Å². The molecule has 2 heterocycles. The Balaban J connectivity index is 1.76. The lowest BCUT2D eigenvalue weighted by atomic mass is 10.2. The van der Waals surface area contributed by atoms with E-state index >= 15 is 0 Å². The molecule has 0 radical (unpaired) electrons. The Bertz CT molecular complexity index is 583. The first-order valence-electron chi connectivity index (χ1n) is 7.35. The molecule has 7 heteroatoms. The highest BCUT2D eigenvalue weighted by Gasteiger charge is 2.15. The van der Waals surface area contributed by atoms with Crippen molar-refractivity contribution in [3.63, 3.8) is 0 Å². The molecule has 2 aromatic heterocycles. The van der Waals surface area contributed by atoms with Crippen molar-refractivity contribution < 1.29 is 9.53 Å². The summed E-state index contributed by atoms with van der Waals surface area (Å²) >= 11 is 0. The van der Waals surface area contributed by atoms with Gasteiger partial charge in [0.2, 0.25) is 0 Å². The quantitative estimate of drug-likeness (QED) is 0.884. The van der Waals surface area contributed by atoms with E-state index in [1.165, 1.54) is 0 Å². The zero-order valence-electron chi connectivity index (χ0n) is 13.3. The first-order valence-corrected chi connectivity index (χ1v) is 7.35. The molecule has 0 spiro atoms. The number of ether oxygens (including phenoxy) is 1. The maximum atomic E-state index is 11.6. The van der Waals surface area contributed by atoms with Crippen molar-refractivity contribution >= 4 is 6.09 Å². The highest BCUT2D eigenvalue weighted by Crippen LogP contribution is 2.06. The van der Waals surface area contributed by atoms with Gasteiger partial charge in [-0.25, -0.2) is 14.8 Å². The van der Waals surface area contributed by atoms with Crippen LogP contribution in [0.25, 0.3) is 0 Å². The molecule has 0 bridgehead atoms. The van der Waals surface area contributed by atoms with Crippen LogP contribution in [0.1, 0.15) is 26.5 Å². The van der Waals surface area contributed by atoms with Crippen molar-refractivity contribution in [2.24, 2.45) is 0 Å². The van der Waals surface area contributed by atoms with Gasteiger partial charge in [0.15, 0.2) is 0 Å². The Hall–Kier alpha value is -2.31. The molecule has 0 atom stereocenters. The second kappa shape index (κ2) is 7.11. The molecule has 1 amide bonds. The third kappa shape index (κ3) is 5.23. The Morgan fingerprint density at radius 3 is 2.77 bits per heavy atom. The van der Waals surface area contributed by atoms with Gasteiger partial charge < -0.3 is 19.2 Å². The molecule has 0 aromatic carbocycles. The molecule has 0 unspecified atom stereocenters. The molecule has 0 fully saturated rings. The van der Waals surface area contributed by atoms with E-state index in [9.17, 15) is 4.79 Å². The molecule has 0 saturated carbocycles. The molecule has 0 aliphatic heterocycles. The van der Waals surface area contributed by atoms with E-state index in [0.717, 1.165) is 18.8 Å². The largest absolute Gasteiger partial charge is 0.444 e. The second-order valence-electron chi connectivity index (χ2n) is 6.06. The van der Waals surface area contributed by atoms with Crippen LogP contribution in [0.2, 0.25) is 0 Å². The topological polar surface area (TPSA) is 74.0 Å². The van der Waals surface area contributed by atoms with Crippen LogP contribution in [0.15, 0.2) is 31.2 Å². The van der Waals surface area contributed by atoms with Crippen LogP contribution in [0.3, 0.4) is 0 Å². The molecular formula is C15H23N5O2. The summed E-state index contributed by atoms with van der Waals surface area (Å²) in [6, 6.07) is 0. The molecule has 1 N–H and O–H groups in total. The molecule has 120 valence electrons. The van der Waals surface area contributed by atoms with Crippen LogP contribution in [0.5, 0.6) is 0 Å². The summed E-state index contributed by atoms with van der Waals surface area (Å²) in [4.78, 5) is 19.8. The lowest BCUT2D eigenvalue weighted by Gasteiger charge is -2.19. The second-order valence-corrected chi connectivity index (χ2v) is 6.06. The number of amides is 1. The van der Waals surface area contributed by atoms with E-state index in [1.807, 2.05) is 37.7 Å². The van der Waals surface area contributed by atoms with Gasteiger partial charge in [0, 0.05) is 50.3 Å². The average Bonchev–Trinajstić information content (AvgIpc) is 3.04. The number of nitrogens with one attached hydrogen (secondary N) is 1. The monoisotopic (exact) mass is 305 g/mol. The molecular weight excluding hydrogens is 282 g/mol. The van der Waals surface area contributed by atoms with Crippen molar-refractivity contribution in [2.45, 2.75) is 45.9 Å². The van der Waals surface area contributed by atoms with Gasteiger partial charge in [0.05, 0.1) is 12.7 Å². The van der Waals surface area contributed by atoms with Crippen molar-refractivity contribution in [3.8, 4) is 0 Å². The van der Waals surface area contributed by atoms with Crippen LogP contribution >= 0.6 is 0 Å². The number of rotatable bonds is 6. The van der Waals surface area contributed by atoms with Gasteiger partial charge in [-0.1, -0.05) is 0 Å². The average molecular weight is 305 g/mol. The first-order chi connectivity index (χ1) is 10.4. The maximum absolute atomic E-state index is 11.6. The van der Waals surface area contributed by atoms with Crippen molar-refractivity contribution in [1.82, 2.24) is 24.4 Å². The van der Waals surface area contributed by atoms with Crippen LogP contribution in [0, 0.1) is 0 Å². The van der Waals surface area contributed by atoms with Gasteiger partial charge in [0.25, 0.3) is 0 Å². The number of aryl methyl sites for hydroxylation is 2. The summed E-state index contributed by atoms with van der Waals surface area (Å²) < 4.78 is 9.30. The number of aromatic nitrogens is 4. The van der Waals surface area contributed by atoms with Gasteiger partial charge in [-0.15, -0.1) is 0 Å². The molecule has 7 nitrogen and oxygen atoms in total. The van der Waals surface area contributed by atoms with E-state index in [4.69, 9.17) is 4.74 Å². The highest BCUT2D eigenvalue weighted by atomic mass is 16.6. The predicted molar refractivity (Wildman–Crippen MR) is 82.4 cm³/mol. The van der Waals surface area contributed by atoms with Crippen LogP contribution in [-0.4, -0.2) is 37.3 Å². The fourth-order valence-corrected chi connectivity index (χ4v) is 2.01. The molecule has 2 aromatic rings. The number of hydrogen-bond donors (Lipinski definition) is 1. The number of carbonyl (C=O) groups excluding carboxylic acids is 1. The highest BCUT2D eigenvalue weighted by molar-refractivity contribution is 5.67. The Morgan fingerprint density at radius 2 is 2.09 bits per heavy atom. The minimum Gasteiger partial charge on any atom is -0.444 e. The van der Waals surface area contributed by atoms with Crippen molar-refractivity contribution in [1.29, 1.82) is 0 Å². The summed E-state index contributed by atoms with van der Waals surface area (Å²) in [6.07, 6.45) is 9.44. The Morgan fingerprint density at radius 1 is 1.27 bits per heavy atom. The fraction of sp³-hybridized carbons (Fsp3) is 0.533. The molecule has 2 rings (SSSR count). The Kier molecular flexibility index (Phi) is 5.19. The van der Waals surface area contributed by atoms with Crippen LogP contribution < -0.4 is 5.32 Å². The summed E-state index contributed by atoms with van der Waals surface area (Å²) in [5.41, 5.74) is 0.604. The third-order valence-corrected chi connectivity index (χ3v) is 3.01. The van der Waals surface area contributed by atoms with Gasteiger partial charge in [-0.05, 0) is 20.8 Å². The summed E-state index contributed by atoms with van der Waals surface area (Å²) in [5.74, 6) is 0. The van der Waals surface area contributed by atoms with Gasteiger partial charge in [0.1, 0.15) is 5.60 Å². The molecule has 0 aliphatic rings. The van der Waals surface area contributed by atoms with Crippen molar-refractivity contribution in [2.75, 3.05) is 6.54 Å². The predicted octanol–water partition coefficient (Wildman–Crippen LogP) is 1.85. The summed E-state index contributed by atoms with van der Waals surface area (Å²) in [5, 5.41) is 2.76. The van der Waals surface area contributed by atoms with Crippen LogP contribution in [0.4, 0.5) is 4.79 Å². The number of imidazole rings is 2. The fourth-order valence-electron chi connectivity index (χ4n) is 2.01. The molecule has 0 saturated heterocycles. The smallest absolute Gasteiger partial charge is 0.407 e. The lowest BCUT2D eigenvalue weighted by molar-refractivity contribution is 0.0528. The molecule has 22 heavy (non-hydrogen) atoms. The van der Waals surface area contributed by atoms with E-state index in [1.54, 1.807) is 18.9 Å². The van der Waals surface area contributed by atoms with Gasteiger partial charge >= 0.3 is 6.09 Å². The number of alkyl carbamates (subject to hydrolysis) is 1. The number of hydrogen-bond acceptors (Lipinski definition) is 4. The maximum Gasteiger partial charge on any atom is 0.407 e. The minimum atomic E-state index is -0.476. The summed E-state index contributed by atoms with van der Waals surface area (Å²) in [6.45, 7) is 7.71. The zero-order chi connectivity index (χ0) is 16.0. The van der Waals surface area contributed by atoms with Gasteiger partial charge in [-0.3, -0.25) is 0 Å². The lowest BCUT2D eigenvalue weighted by Crippen LogP contribution is -2.33. The van der Waals surface area contributed by atoms with E-state index in [0.29, 0.717) is 13.0 Å². The van der Waals surface area contributed by atoms with Crippen molar-refractivity contribution in [3.05, 3.63) is 36.9 Å². The normalized spacial score (nSPS) is 11.4. The van der Waals surface area contributed by atoms with Gasteiger partial charge in [-0.2, -0.15) is 0 Å². The number of nitrogens with zero attached hydrogens (tertiary/aromatic N) is 4. The third-order valence-electron chi connectivity index (χ3n) is 3.01. The van der Waals surface area contributed by atoms with E-state index in [2.05, 4.69) is 19.9 Å². The summed E-state index contributed by atoms with van der Waals surface area (Å²) in [7, 11) is 0. The minimum absolute atomic E-state index is 0.392. The zero-order valence-corrected chi connectivity index (χ0v) is 13.3. The SMILES string of the molecule is CC(C)(C)OC(=O)NCCc1cncn1CCn1ccnc1. The number of carbonyl (C=O) groups is 1. The van der Waals surface area contributed by atoms with Crippen LogP contribution in [-0.2, 0) is 24.2 Å². The standard InChI is InChI=1S/C15H23N5O2/c1-15(2,3)22-14(21)18-5-4-13-10-17-12-20(13)9-8-19-7-6-16-11-19/h6-7,10-12H,4-5,8-9H2,1-3H3,(H,18,21).